The van der Waals surface area contributed by atoms with Gasteiger partial charge in [-0.1, -0.05) is 0 Å². The van der Waals surface area contributed by atoms with Crippen molar-refractivity contribution >= 4 is 17.2 Å². The van der Waals surface area contributed by atoms with Gasteiger partial charge >= 0.3 is 0 Å². The number of aryl methyl sites for hydroxylation is 3. The summed E-state index contributed by atoms with van der Waals surface area (Å²) in [6, 6.07) is 5.21. The quantitative estimate of drug-likeness (QED) is 0.609. The van der Waals surface area contributed by atoms with E-state index in [-0.39, 0.29) is 11.5 Å². The number of hydrogen-bond acceptors (Lipinski definition) is 7. The van der Waals surface area contributed by atoms with Gasteiger partial charge in [-0.2, -0.15) is 5.10 Å². The number of aromatic nitrogens is 5. The Bertz CT molecular complexity index is 1110. The van der Waals surface area contributed by atoms with Crippen LogP contribution in [0.5, 0.6) is 0 Å². The molecule has 1 aliphatic rings. The third kappa shape index (κ3) is 4.34. The third-order valence-corrected chi connectivity index (χ3v) is 5.98. The van der Waals surface area contributed by atoms with Gasteiger partial charge in [0.2, 0.25) is 0 Å². The zero-order valence-corrected chi connectivity index (χ0v) is 18.2. The fourth-order valence-electron chi connectivity index (χ4n) is 3.61. The first-order chi connectivity index (χ1) is 14.4. The Morgan fingerprint density at radius 1 is 1.07 bits per heavy atom. The molecule has 0 radical (unpaired) electrons. The molecule has 0 bridgehead atoms. The van der Waals surface area contributed by atoms with Crippen LogP contribution in [0.3, 0.4) is 0 Å². The van der Waals surface area contributed by atoms with Crippen molar-refractivity contribution in [2.75, 3.05) is 32.7 Å². The highest BCUT2D eigenvalue weighted by Crippen LogP contribution is 2.13. The molecule has 0 aliphatic carbocycles. The Kier molecular flexibility index (Phi) is 5.78. The number of thiazole rings is 1. The Morgan fingerprint density at radius 3 is 2.47 bits per heavy atom. The molecule has 1 amide bonds. The SMILES string of the molecule is Cc1cc(C)n(-c2ccc(=O)n(CCN3CCN(C(=O)c4csc(C)n4)CC3)n2)n1. The Hall–Kier alpha value is -2.85. The van der Waals surface area contributed by atoms with Gasteiger partial charge in [0.15, 0.2) is 5.82 Å². The summed E-state index contributed by atoms with van der Waals surface area (Å²) in [4.78, 5) is 33.2. The first-order valence-corrected chi connectivity index (χ1v) is 10.8. The van der Waals surface area contributed by atoms with Gasteiger partial charge in [0.1, 0.15) is 5.69 Å². The zero-order chi connectivity index (χ0) is 21.3. The second-order valence-corrected chi connectivity index (χ2v) is 8.54. The molecule has 0 N–H and O–H groups in total. The van der Waals surface area contributed by atoms with E-state index >= 15 is 0 Å². The molecule has 10 heteroatoms. The summed E-state index contributed by atoms with van der Waals surface area (Å²) >= 11 is 1.49. The van der Waals surface area contributed by atoms with Gasteiger partial charge in [0.25, 0.3) is 11.5 Å². The molecule has 3 aromatic heterocycles. The summed E-state index contributed by atoms with van der Waals surface area (Å²) in [5.74, 6) is 0.628. The van der Waals surface area contributed by atoms with Crippen LogP contribution >= 0.6 is 11.3 Å². The summed E-state index contributed by atoms with van der Waals surface area (Å²) < 4.78 is 3.23. The first kappa shape index (κ1) is 20.4. The monoisotopic (exact) mass is 427 g/mol. The van der Waals surface area contributed by atoms with Gasteiger partial charge in [0, 0.05) is 49.9 Å². The van der Waals surface area contributed by atoms with E-state index in [1.165, 1.54) is 22.1 Å². The molecule has 1 fully saturated rings. The number of amides is 1. The fraction of sp³-hybridized carbons (Fsp3) is 0.450. The van der Waals surface area contributed by atoms with Crippen LogP contribution in [0.4, 0.5) is 0 Å². The van der Waals surface area contributed by atoms with Crippen LogP contribution in [0.25, 0.3) is 5.82 Å². The van der Waals surface area contributed by atoms with Crippen LogP contribution in [-0.2, 0) is 6.54 Å². The highest BCUT2D eigenvalue weighted by Gasteiger charge is 2.23. The van der Waals surface area contributed by atoms with Gasteiger partial charge in [-0.25, -0.2) is 14.3 Å². The molecular formula is C20H25N7O2S. The molecule has 4 rings (SSSR count). The Labute approximate surface area is 178 Å². The van der Waals surface area contributed by atoms with E-state index in [2.05, 4.69) is 20.1 Å². The number of rotatable bonds is 5. The minimum atomic E-state index is -0.131. The van der Waals surface area contributed by atoms with Crippen molar-refractivity contribution in [3.05, 3.63) is 56.0 Å². The lowest BCUT2D eigenvalue weighted by Crippen LogP contribution is -2.49. The standard InChI is InChI=1S/C20H25N7O2S/c1-14-12-15(2)27(22-14)18-4-5-19(28)26(23-18)11-8-24-6-9-25(10-7-24)20(29)17-13-30-16(3)21-17/h4-5,12-13H,6-11H2,1-3H3. The highest BCUT2D eigenvalue weighted by atomic mass is 32.1. The molecule has 9 nitrogen and oxygen atoms in total. The summed E-state index contributed by atoms with van der Waals surface area (Å²) in [6.45, 7) is 9.83. The molecule has 0 atom stereocenters. The van der Waals surface area contributed by atoms with Crippen molar-refractivity contribution in [2.24, 2.45) is 0 Å². The van der Waals surface area contributed by atoms with Gasteiger partial charge in [-0.05, 0) is 32.9 Å². The van der Waals surface area contributed by atoms with Crippen molar-refractivity contribution in [2.45, 2.75) is 27.3 Å². The predicted molar refractivity (Wildman–Crippen MR) is 114 cm³/mol. The predicted octanol–water partition coefficient (Wildman–Crippen LogP) is 1.27. The van der Waals surface area contributed by atoms with Gasteiger partial charge in [-0.3, -0.25) is 14.5 Å². The van der Waals surface area contributed by atoms with Crippen LogP contribution in [0.2, 0.25) is 0 Å². The van der Waals surface area contributed by atoms with E-state index in [1.54, 1.807) is 10.7 Å². The van der Waals surface area contributed by atoms with E-state index in [1.807, 2.05) is 37.1 Å². The minimum absolute atomic E-state index is 0.00512. The second-order valence-electron chi connectivity index (χ2n) is 7.48. The van der Waals surface area contributed by atoms with Crippen molar-refractivity contribution in [3.8, 4) is 5.82 Å². The normalized spacial score (nSPS) is 15.0. The van der Waals surface area contributed by atoms with Crippen LogP contribution in [-0.4, -0.2) is 73.0 Å². The van der Waals surface area contributed by atoms with E-state index in [0.29, 0.717) is 37.7 Å². The lowest BCUT2D eigenvalue weighted by atomic mass is 10.3. The van der Waals surface area contributed by atoms with E-state index in [4.69, 9.17) is 0 Å². The maximum atomic E-state index is 12.5. The largest absolute Gasteiger partial charge is 0.335 e. The molecule has 0 saturated carbocycles. The molecule has 3 aromatic rings. The summed E-state index contributed by atoms with van der Waals surface area (Å²) in [5.41, 5.74) is 2.28. The molecule has 158 valence electrons. The summed E-state index contributed by atoms with van der Waals surface area (Å²) in [5, 5.41) is 11.6. The maximum Gasteiger partial charge on any atom is 0.273 e. The van der Waals surface area contributed by atoms with Crippen LogP contribution in [0, 0.1) is 20.8 Å². The Balaban J connectivity index is 1.35. The third-order valence-electron chi connectivity index (χ3n) is 5.20. The lowest BCUT2D eigenvalue weighted by molar-refractivity contribution is 0.0626. The van der Waals surface area contributed by atoms with Crippen LogP contribution in [0.1, 0.15) is 26.9 Å². The molecule has 0 aromatic carbocycles. The number of hydrogen-bond donors (Lipinski definition) is 0. The van der Waals surface area contributed by atoms with E-state index in [0.717, 1.165) is 29.5 Å². The second kappa shape index (κ2) is 8.49. The lowest BCUT2D eigenvalue weighted by Gasteiger charge is -2.34. The molecule has 0 spiro atoms. The van der Waals surface area contributed by atoms with Gasteiger partial charge in [0.05, 0.1) is 17.2 Å². The molecule has 30 heavy (non-hydrogen) atoms. The molecular weight excluding hydrogens is 402 g/mol. The average molecular weight is 428 g/mol. The zero-order valence-electron chi connectivity index (χ0n) is 17.4. The van der Waals surface area contributed by atoms with Crippen molar-refractivity contribution in [3.63, 3.8) is 0 Å². The summed E-state index contributed by atoms with van der Waals surface area (Å²) in [7, 11) is 0. The van der Waals surface area contributed by atoms with E-state index < -0.39 is 0 Å². The van der Waals surface area contributed by atoms with Crippen molar-refractivity contribution in [1.82, 2.24) is 34.3 Å². The molecule has 1 saturated heterocycles. The number of nitrogens with zero attached hydrogens (tertiary/aromatic N) is 7. The van der Waals surface area contributed by atoms with Crippen molar-refractivity contribution < 1.29 is 4.79 Å². The fourth-order valence-corrected chi connectivity index (χ4v) is 4.19. The first-order valence-electron chi connectivity index (χ1n) is 9.96. The average Bonchev–Trinajstić information content (AvgIpc) is 3.32. The molecule has 0 unspecified atom stereocenters. The smallest absolute Gasteiger partial charge is 0.273 e. The number of piperazine rings is 1. The van der Waals surface area contributed by atoms with E-state index in [9.17, 15) is 9.59 Å². The summed E-state index contributed by atoms with van der Waals surface area (Å²) in [6.07, 6.45) is 0. The van der Waals surface area contributed by atoms with Crippen molar-refractivity contribution in [1.29, 1.82) is 0 Å². The topological polar surface area (TPSA) is 89.2 Å². The van der Waals surface area contributed by atoms with Gasteiger partial charge < -0.3 is 4.90 Å². The highest BCUT2D eigenvalue weighted by molar-refractivity contribution is 7.09. The molecule has 4 heterocycles. The minimum Gasteiger partial charge on any atom is -0.335 e. The van der Waals surface area contributed by atoms with Crippen LogP contribution in [0.15, 0.2) is 28.4 Å². The van der Waals surface area contributed by atoms with Crippen LogP contribution < -0.4 is 5.56 Å². The number of carbonyl (C=O) groups is 1. The molecule has 1 aliphatic heterocycles. The maximum absolute atomic E-state index is 12.5. The Morgan fingerprint density at radius 2 is 1.83 bits per heavy atom. The number of carbonyl (C=O) groups excluding carboxylic acids is 1. The van der Waals surface area contributed by atoms with Gasteiger partial charge in [-0.15, -0.1) is 16.4 Å².